The van der Waals surface area contributed by atoms with Gasteiger partial charge in [0.15, 0.2) is 0 Å². The fourth-order valence-corrected chi connectivity index (χ4v) is 4.11. The molecule has 0 bridgehead atoms. The minimum absolute atomic E-state index is 0.0179. The summed E-state index contributed by atoms with van der Waals surface area (Å²) in [5, 5.41) is -0.514. The first-order valence-electron chi connectivity index (χ1n) is 7.41. The van der Waals surface area contributed by atoms with Crippen LogP contribution in [0.4, 0.5) is 11.4 Å². The number of benzene rings is 2. The van der Waals surface area contributed by atoms with Gasteiger partial charge in [-0.05, 0) is 25.1 Å². The Bertz CT molecular complexity index is 758. The Kier molecular flexibility index (Phi) is 2.79. The van der Waals surface area contributed by atoms with E-state index in [2.05, 4.69) is 17.0 Å². The van der Waals surface area contributed by atoms with Crippen molar-refractivity contribution in [2.75, 3.05) is 23.4 Å². The van der Waals surface area contributed by atoms with Gasteiger partial charge >= 0.3 is 0 Å². The lowest BCUT2D eigenvalue weighted by Gasteiger charge is -2.53. The Morgan fingerprint density at radius 2 is 1.82 bits per heavy atom. The molecule has 1 saturated heterocycles. The summed E-state index contributed by atoms with van der Waals surface area (Å²) in [5.74, 6) is -0.0179. The summed E-state index contributed by atoms with van der Waals surface area (Å²) in [5.41, 5.74) is 3.92. The van der Waals surface area contributed by atoms with Crippen LogP contribution in [0.15, 0.2) is 48.5 Å². The highest BCUT2D eigenvalue weighted by Gasteiger charge is 2.64. The standard InChI is InChI=1S/C18H17ClN2O/c1-12-7-9-13(10-8-12)21-17(22)16(19)18(21)11-20(2)15-6-4-3-5-14(15)18/h3-10,16H,11H2,1-2H3. The van der Waals surface area contributed by atoms with E-state index in [0.717, 1.165) is 23.5 Å². The second-order valence-corrected chi connectivity index (χ2v) is 6.61. The first kappa shape index (κ1) is 13.6. The third-order valence-electron chi connectivity index (χ3n) is 4.81. The van der Waals surface area contributed by atoms with Crippen molar-refractivity contribution < 1.29 is 4.79 Å². The number of carbonyl (C=O) groups is 1. The molecule has 0 aliphatic carbocycles. The predicted octanol–water partition coefficient (Wildman–Crippen LogP) is 3.29. The van der Waals surface area contributed by atoms with Crippen LogP contribution in [0.2, 0.25) is 0 Å². The Balaban J connectivity index is 1.87. The molecule has 22 heavy (non-hydrogen) atoms. The number of hydrogen-bond acceptors (Lipinski definition) is 2. The number of likely N-dealkylation sites (N-methyl/N-ethyl adjacent to an activating group) is 1. The summed E-state index contributed by atoms with van der Waals surface area (Å²) >= 11 is 6.51. The van der Waals surface area contributed by atoms with Gasteiger partial charge in [-0.15, -0.1) is 11.6 Å². The van der Waals surface area contributed by atoms with Gasteiger partial charge in [0.2, 0.25) is 5.91 Å². The number of amides is 1. The van der Waals surface area contributed by atoms with Crippen LogP contribution in [-0.4, -0.2) is 24.9 Å². The molecule has 0 saturated carbocycles. The largest absolute Gasteiger partial charge is 0.371 e. The monoisotopic (exact) mass is 312 g/mol. The highest BCUT2D eigenvalue weighted by molar-refractivity contribution is 6.38. The molecule has 0 radical (unpaired) electrons. The van der Waals surface area contributed by atoms with E-state index in [1.54, 1.807) is 0 Å². The maximum absolute atomic E-state index is 12.5. The Hall–Kier alpha value is -2.00. The van der Waals surface area contributed by atoms with Crippen molar-refractivity contribution in [3.05, 3.63) is 59.7 Å². The zero-order valence-electron chi connectivity index (χ0n) is 12.6. The normalized spacial score (nSPS) is 26.3. The number of anilines is 2. The minimum atomic E-state index is -0.514. The molecule has 2 atom stereocenters. The van der Waals surface area contributed by atoms with Gasteiger partial charge in [-0.2, -0.15) is 0 Å². The van der Waals surface area contributed by atoms with Crippen LogP contribution in [0, 0.1) is 6.92 Å². The van der Waals surface area contributed by atoms with E-state index < -0.39 is 10.9 Å². The third-order valence-corrected chi connectivity index (χ3v) is 5.36. The van der Waals surface area contributed by atoms with E-state index in [9.17, 15) is 4.79 Å². The summed E-state index contributed by atoms with van der Waals surface area (Å²) in [6, 6.07) is 16.3. The second-order valence-electron chi connectivity index (χ2n) is 6.17. The molecule has 1 fully saturated rings. The number of hydrogen-bond donors (Lipinski definition) is 0. The van der Waals surface area contributed by atoms with Crippen LogP contribution in [-0.2, 0) is 10.3 Å². The fourth-order valence-electron chi connectivity index (χ4n) is 3.73. The average molecular weight is 313 g/mol. The number of nitrogens with zero attached hydrogens (tertiary/aromatic N) is 2. The summed E-state index contributed by atoms with van der Waals surface area (Å²) in [7, 11) is 2.05. The molecule has 4 heteroatoms. The van der Waals surface area contributed by atoms with E-state index in [1.165, 1.54) is 5.56 Å². The molecule has 2 heterocycles. The molecule has 112 valence electrons. The quantitative estimate of drug-likeness (QED) is 0.596. The van der Waals surface area contributed by atoms with Gasteiger partial charge in [0.25, 0.3) is 0 Å². The number of fused-ring (bicyclic) bond motifs is 2. The SMILES string of the molecule is Cc1ccc(N2C(=O)C(Cl)C23CN(C)c2ccccc23)cc1. The van der Waals surface area contributed by atoms with Crippen LogP contribution in [0.3, 0.4) is 0 Å². The fraction of sp³-hybridized carbons (Fsp3) is 0.278. The van der Waals surface area contributed by atoms with Crippen LogP contribution < -0.4 is 9.80 Å². The maximum atomic E-state index is 12.5. The van der Waals surface area contributed by atoms with Gasteiger partial charge in [-0.3, -0.25) is 9.69 Å². The van der Waals surface area contributed by atoms with Crippen molar-refractivity contribution in [1.82, 2.24) is 0 Å². The van der Waals surface area contributed by atoms with Gasteiger partial charge < -0.3 is 4.90 Å². The molecule has 2 aliphatic heterocycles. The molecule has 2 aromatic carbocycles. The molecular weight excluding hydrogens is 296 g/mol. The average Bonchev–Trinajstić information content (AvgIpc) is 2.85. The number of rotatable bonds is 1. The third kappa shape index (κ3) is 1.55. The number of alkyl halides is 1. The Morgan fingerprint density at radius 3 is 2.55 bits per heavy atom. The van der Waals surface area contributed by atoms with Crippen LogP contribution >= 0.6 is 11.6 Å². The second kappa shape index (κ2) is 4.50. The van der Waals surface area contributed by atoms with E-state index in [1.807, 2.05) is 55.3 Å². The molecule has 1 amide bonds. The highest BCUT2D eigenvalue weighted by atomic mass is 35.5. The molecule has 0 N–H and O–H groups in total. The van der Waals surface area contributed by atoms with Crippen molar-refractivity contribution in [2.45, 2.75) is 17.8 Å². The number of β-lactam (4-membered cyclic amide) rings is 1. The lowest BCUT2D eigenvalue weighted by Crippen LogP contribution is -2.72. The van der Waals surface area contributed by atoms with Crippen molar-refractivity contribution >= 4 is 28.9 Å². The van der Waals surface area contributed by atoms with Crippen molar-refractivity contribution in [3.63, 3.8) is 0 Å². The number of para-hydroxylation sites is 1. The lowest BCUT2D eigenvalue weighted by atomic mass is 9.78. The van der Waals surface area contributed by atoms with Crippen molar-refractivity contribution in [3.8, 4) is 0 Å². The zero-order valence-corrected chi connectivity index (χ0v) is 13.3. The van der Waals surface area contributed by atoms with Gasteiger partial charge in [0, 0.05) is 30.5 Å². The number of carbonyl (C=O) groups excluding carboxylic acids is 1. The van der Waals surface area contributed by atoms with Gasteiger partial charge in [0.1, 0.15) is 10.9 Å². The lowest BCUT2D eigenvalue weighted by molar-refractivity contribution is -0.126. The maximum Gasteiger partial charge on any atom is 0.248 e. The van der Waals surface area contributed by atoms with Gasteiger partial charge in [-0.25, -0.2) is 0 Å². The molecule has 1 spiro atoms. The highest BCUT2D eigenvalue weighted by Crippen LogP contribution is 2.54. The van der Waals surface area contributed by atoms with Crippen molar-refractivity contribution in [1.29, 1.82) is 0 Å². The van der Waals surface area contributed by atoms with Gasteiger partial charge in [-0.1, -0.05) is 35.9 Å². The van der Waals surface area contributed by atoms with Gasteiger partial charge in [0.05, 0.1) is 0 Å². The van der Waals surface area contributed by atoms with E-state index in [0.29, 0.717) is 0 Å². The topological polar surface area (TPSA) is 23.6 Å². The molecule has 2 aromatic rings. The smallest absolute Gasteiger partial charge is 0.248 e. The summed E-state index contributed by atoms with van der Waals surface area (Å²) < 4.78 is 0. The first-order chi connectivity index (χ1) is 10.6. The summed E-state index contributed by atoms with van der Waals surface area (Å²) in [4.78, 5) is 16.5. The van der Waals surface area contributed by atoms with Crippen LogP contribution in [0.1, 0.15) is 11.1 Å². The van der Waals surface area contributed by atoms with Crippen LogP contribution in [0.25, 0.3) is 0 Å². The Labute approximate surface area is 135 Å². The number of halogens is 1. The van der Waals surface area contributed by atoms with E-state index >= 15 is 0 Å². The summed E-state index contributed by atoms with van der Waals surface area (Å²) in [6.07, 6.45) is 0. The van der Waals surface area contributed by atoms with E-state index in [-0.39, 0.29) is 5.91 Å². The molecule has 2 aliphatic rings. The zero-order chi connectivity index (χ0) is 15.5. The molecule has 3 nitrogen and oxygen atoms in total. The number of aryl methyl sites for hydroxylation is 1. The molecule has 2 unspecified atom stereocenters. The molecule has 0 aromatic heterocycles. The molecule has 4 rings (SSSR count). The van der Waals surface area contributed by atoms with Crippen molar-refractivity contribution in [2.24, 2.45) is 0 Å². The minimum Gasteiger partial charge on any atom is -0.371 e. The Morgan fingerprint density at radius 1 is 1.14 bits per heavy atom. The van der Waals surface area contributed by atoms with Crippen LogP contribution in [0.5, 0.6) is 0 Å². The molecular formula is C18H17ClN2O. The first-order valence-corrected chi connectivity index (χ1v) is 7.85. The van der Waals surface area contributed by atoms with E-state index in [4.69, 9.17) is 11.6 Å². The summed E-state index contributed by atoms with van der Waals surface area (Å²) in [6.45, 7) is 2.76. The predicted molar refractivity (Wildman–Crippen MR) is 89.7 cm³/mol.